The lowest BCUT2D eigenvalue weighted by atomic mass is 9.93. The maximum absolute atomic E-state index is 10.9. The number of carbonyl (C=O) groups is 3. The highest BCUT2D eigenvalue weighted by molar-refractivity contribution is 6.34. The molecule has 0 aliphatic rings. The fourth-order valence-corrected chi connectivity index (χ4v) is 0.534. The lowest BCUT2D eigenvalue weighted by molar-refractivity contribution is -0.139. The second-order valence-corrected chi connectivity index (χ2v) is 3.40. The number of hydrogen-bond acceptors (Lipinski definition) is 4. The van der Waals surface area contributed by atoms with Gasteiger partial charge in [0.25, 0.3) is 0 Å². The van der Waals surface area contributed by atoms with Crippen LogP contribution in [0.2, 0.25) is 0 Å². The lowest BCUT2D eigenvalue weighted by Gasteiger charge is -2.20. The Morgan fingerprint density at radius 2 is 1.71 bits per heavy atom. The predicted molar refractivity (Wildman–Crippen MR) is 48.3 cm³/mol. The zero-order chi connectivity index (χ0) is 11.4. The fraction of sp³-hybridized carbons (Fsp3) is 0.571. The number of nitrogens with one attached hydrogen (secondary N) is 2. The van der Waals surface area contributed by atoms with Crippen LogP contribution in [0.1, 0.15) is 13.8 Å². The smallest absolute Gasteiger partial charge is 0.323 e. The number of hydrogen-bond donors (Lipinski definition) is 4. The summed E-state index contributed by atoms with van der Waals surface area (Å²) in [5, 5.41) is 2.22. The van der Waals surface area contributed by atoms with Gasteiger partial charge in [0.2, 0.25) is 5.91 Å². The Morgan fingerprint density at radius 3 is 2.07 bits per heavy atom. The summed E-state index contributed by atoms with van der Waals surface area (Å²) >= 11 is 0. The third-order valence-corrected chi connectivity index (χ3v) is 1.70. The maximum atomic E-state index is 10.9. The Labute approximate surface area is 81.2 Å². The quantitative estimate of drug-likeness (QED) is 0.176. The number of nitrogens with two attached hydrogens (primary N) is 2. The Morgan fingerprint density at radius 1 is 1.21 bits per heavy atom. The molecule has 0 saturated carbocycles. The molecule has 80 valence electrons. The molecule has 0 atom stereocenters. The molecule has 0 fully saturated rings. The van der Waals surface area contributed by atoms with Crippen LogP contribution in [0.4, 0.5) is 0 Å². The maximum Gasteiger partial charge on any atom is 0.323 e. The molecule has 0 spiro atoms. The van der Waals surface area contributed by atoms with Crippen molar-refractivity contribution in [2.24, 2.45) is 17.0 Å². The number of rotatable bonds is 3. The van der Waals surface area contributed by atoms with Crippen LogP contribution >= 0.6 is 0 Å². The Kier molecular flexibility index (Phi) is 4.03. The molecule has 0 heterocycles. The first-order valence-corrected chi connectivity index (χ1v) is 3.90. The Hall–Kier alpha value is -1.63. The summed E-state index contributed by atoms with van der Waals surface area (Å²) in [6.45, 7) is 3.08. The van der Waals surface area contributed by atoms with Crippen LogP contribution in [0.15, 0.2) is 0 Å². The van der Waals surface area contributed by atoms with Gasteiger partial charge in [-0.15, -0.1) is 0 Å². The van der Waals surface area contributed by atoms with Gasteiger partial charge in [-0.1, -0.05) is 0 Å². The molecule has 3 amide bonds. The van der Waals surface area contributed by atoms with Gasteiger partial charge in [0.15, 0.2) is 0 Å². The average molecular weight is 202 g/mol. The summed E-state index contributed by atoms with van der Waals surface area (Å²) in [6.07, 6.45) is 0. The first-order chi connectivity index (χ1) is 6.31. The second kappa shape index (κ2) is 4.56. The van der Waals surface area contributed by atoms with Gasteiger partial charge in [-0.3, -0.25) is 19.8 Å². The van der Waals surface area contributed by atoms with Crippen LogP contribution in [0.5, 0.6) is 0 Å². The van der Waals surface area contributed by atoms with Crippen molar-refractivity contribution in [3.05, 3.63) is 0 Å². The molecule has 0 aliphatic carbocycles. The number of hydrazine groups is 1. The van der Waals surface area contributed by atoms with Gasteiger partial charge in [0.05, 0.1) is 5.41 Å². The van der Waals surface area contributed by atoms with Gasteiger partial charge in [-0.05, 0) is 13.8 Å². The number of primary amides is 1. The minimum Gasteiger partial charge on any atom is -0.369 e. The van der Waals surface area contributed by atoms with Crippen molar-refractivity contribution in [2.45, 2.75) is 13.8 Å². The van der Waals surface area contributed by atoms with E-state index in [4.69, 9.17) is 11.6 Å². The van der Waals surface area contributed by atoms with Gasteiger partial charge in [-0.2, -0.15) is 0 Å². The largest absolute Gasteiger partial charge is 0.369 e. The average Bonchev–Trinajstić information content (AvgIpc) is 2.12. The van der Waals surface area contributed by atoms with Crippen molar-refractivity contribution in [3.63, 3.8) is 0 Å². The predicted octanol–water partition coefficient (Wildman–Crippen LogP) is -2.40. The van der Waals surface area contributed by atoms with Gasteiger partial charge >= 0.3 is 11.8 Å². The highest BCUT2D eigenvalue weighted by Crippen LogP contribution is 2.11. The SMILES string of the molecule is CC(C)(CNC(=O)C(=O)NN)C(N)=O. The van der Waals surface area contributed by atoms with Crippen molar-refractivity contribution < 1.29 is 14.4 Å². The summed E-state index contributed by atoms with van der Waals surface area (Å²) in [4.78, 5) is 32.3. The third-order valence-electron chi connectivity index (χ3n) is 1.70. The fourth-order valence-electron chi connectivity index (χ4n) is 0.534. The lowest BCUT2D eigenvalue weighted by Crippen LogP contribution is -2.48. The molecular weight excluding hydrogens is 188 g/mol. The van der Waals surface area contributed by atoms with Gasteiger partial charge in [-0.25, -0.2) is 5.84 Å². The Balaban J connectivity index is 4.13. The molecule has 0 aliphatic heterocycles. The van der Waals surface area contributed by atoms with Crippen LogP contribution in [-0.4, -0.2) is 24.3 Å². The molecule has 0 saturated heterocycles. The van der Waals surface area contributed by atoms with Crippen molar-refractivity contribution in [1.82, 2.24) is 10.7 Å². The van der Waals surface area contributed by atoms with E-state index >= 15 is 0 Å². The summed E-state index contributed by atoms with van der Waals surface area (Å²) in [5.41, 5.74) is 5.81. The van der Waals surface area contributed by atoms with E-state index in [-0.39, 0.29) is 6.54 Å². The van der Waals surface area contributed by atoms with Crippen LogP contribution in [0.25, 0.3) is 0 Å². The minimum atomic E-state index is -0.967. The summed E-state index contributed by atoms with van der Waals surface area (Å²) in [6, 6.07) is 0. The standard InChI is InChI=1S/C7H14N4O3/c1-7(2,6(8)14)3-10-4(12)5(13)11-9/h3,9H2,1-2H3,(H2,8,14)(H,10,12)(H,11,13). The van der Waals surface area contributed by atoms with Gasteiger partial charge < -0.3 is 11.1 Å². The van der Waals surface area contributed by atoms with Crippen molar-refractivity contribution >= 4 is 17.7 Å². The molecule has 7 heteroatoms. The summed E-state index contributed by atoms with van der Waals surface area (Å²) < 4.78 is 0. The van der Waals surface area contributed by atoms with Crippen molar-refractivity contribution in [2.75, 3.05) is 6.54 Å². The van der Waals surface area contributed by atoms with Gasteiger partial charge in [0.1, 0.15) is 0 Å². The molecule has 0 bridgehead atoms. The van der Waals surface area contributed by atoms with Gasteiger partial charge in [0, 0.05) is 6.54 Å². The highest BCUT2D eigenvalue weighted by atomic mass is 16.2. The first-order valence-electron chi connectivity index (χ1n) is 3.90. The van der Waals surface area contributed by atoms with Crippen LogP contribution in [0, 0.1) is 5.41 Å². The molecule has 0 aromatic carbocycles. The monoisotopic (exact) mass is 202 g/mol. The summed E-state index contributed by atoms with van der Waals surface area (Å²) in [7, 11) is 0. The molecule has 0 unspecified atom stereocenters. The zero-order valence-corrected chi connectivity index (χ0v) is 8.09. The van der Waals surface area contributed by atoms with E-state index in [2.05, 4.69) is 5.32 Å². The van der Waals surface area contributed by atoms with E-state index in [1.54, 1.807) is 19.3 Å². The Bertz CT molecular complexity index is 262. The molecule has 14 heavy (non-hydrogen) atoms. The molecule has 0 radical (unpaired) electrons. The van der Waals surface area contributed by atoms with E-state index in [1.165, 1.54) is 0 Å². The molecule has 6 N–H and O–H groups in total. The molecule has 0 aromatic rings. The minimum absolute atomic E-state index is 0.0193. The van der Waals surface area contributed by atoms with E-state index in [0.29, 0.717) is 0 Å². The van der Waals surface area contributed by atoms with E-state index in [0.717, 1.165) is 0 Å². The molecule has 0 rings (SSSR count). The van der Waals surface area contributed by atoms with E-state index < -0.39 is 23.1 Å². The van der Waals surface area contributed by atoms with Crippen LogP contribution in [-0.2, 0) is 14.4 Å². The summed E-state index contributed by atoms with van der Waals surface area (Å²) in [5.74, 6) is 2.29. The van der Waals surface area contributed by atoms with Crippen molar-refractivity contribution in [3.8, 4) is 0 Å². The highest BCUT2D eigenvalue weighted by Gasteiger charge is 2.26. The first kappa shape index (κ1) is 12.4. The van der Waals surface area contributed by atoms with Crippen LogP contribution in [0.3, 0.4) is 0 Å². The molecule has 7 nitrogen and oxygen atoms in total. The molecular formula is C7H14N4O3. The van der Waals surface area contributed by atoms with Crippen molar-refractivity contribution in [1.29, 1.82) is 0 Å². The second-order valence-electron chi connectivity index (χ2n) is 3.40. The topological polar surface area (TPSA) is 127 Å². The van der Waals surface area contributed by atoms with Crippen LogP contribution < -0.4 is 22.3 Å². The normalized spacial score (nSPS) is 10.5. The molecule has 0 aromatic heterocycles. The zero-order valence-electron chi connectivity index (χ0n) is 8.09. The van der Waals surface area contributed by atoms with E-state index in [1.807, 2.05) is 0 Å². The van der Waals surface area contributed by atoms with E-state index in [9.17, 15) is 14.4 Å². The third kappa shape index (κ3) is 3.40. The number of carbonyl (C=O) groups excluding carboxylic acids is 3. The number of amides is 3.